The Morgan fingerprint density at radius 3 is 2.19 bits per heavy atom. The van der Waals surface area contributed by atoms with Gasteiger partial charge in [0.05, 0.1) is 9.85 Å². The molecule has 0 radical (unpaired) electrons. The minimum Gasteiger partial charge on any atom is -0.375 e. The number of rotatable bonds is 7. The third-order valence-electron chi connectivity index (χ3n) is 5.77. The molecule has 0 spiro atoms. The molecule has 0 aromatic heterocycles. The summed E-state index contributed by atoms with van der Waals surface area (Å²) in [6.45, 7) is 2.47. The van der Waals surface area contributed by atoms with Crippen molar-refractivity contribution in [1.82, 2.24) is 5.31 Å². The van der Waals surface area contributed by atoms with Crippen molar-refractivity contribution < 1.29 is 11.3 Å². The fraction of sp³-hybridized carbons (Fsp3) is 0.250. The highest BCUT2D eigenvalue weighted by molar-refractivity contribution is 5.63. The molecule has 1 saturated heterocycles. The zero-order valence-corrected chi connectivity index (χ0v) is 17.6. The standard InChI is InChI=1S/C24H24N4O4/c1-16-2-4-17(5-3-16)15-25-23-11-8-19(14-24(23)28(31)32)22-13-12-21(26-22)18-6-9-20(10-7-18)27(29)30/h2-11,14,21-22,25-26H,12-13,15H2,1H3/i/hD. The molecule has 0 aliphatic carbocycles. The molecule has 0 bridgehead atoms. The first-order chi connectivity index (χ1) is 15.8. The van der Waals surface area contributed by atoms with Gasteiger partial charge in [0, 0.05) is 36.8 Å². The number of hydrogen-bond acceptors (Lipinski definition) is 6. The number of nitrogens with one attached hydrogen (secondary N) is 2. The summed E-state index contributed by atoms with van der Waals surface area (Å²) in [5.41, 5.74) is 4.13. The lowest BCUT2D eigenvalue weighted by molar-refractivity contribution is -0.384. The lowest BCUT2D eigenvalue weighted by atomic mass is 10.0. The maximum Gasteiger partial charge on any atom is 0.292 e. The highest BCUT2D eigenvalue weighted by Crippen LogP contribution is 2.37. The topological polar surface area (TPSA) is 110 Å². The minimum absolute atomic E-state index is 0.00850. The molecule has 1 aliphatic rings. The summed E-state index contributed by atoms with van der Waals surface area (Å²) < 4.78 is 8.62. The van der Waals surface area contributed by atoms with Crippen molar-refractivity contribution in [1.29, 1.82) is 0 Å². The van der Waals surface area contributed by atoms with E-state index in [1.165, 1.54) is 17.4 Å². The van der Waals surface area contributed by atoms with E-state index in [2.05, 4.69) is 5.32 Å². The quantitative estimate of drug-likeness (QED) is 0.371. The van der Waals surface area contributed by atoms with E-state index >= 15 is 0 Å². The van der Waals surface area contributed by atoms with Gasteiger partial charge in [0.25, 0.3) is 11.4 Å². The van der Waals surface area contributed by atoms with Crippen LogP contribution < -0.4 is 10.6 Å². The molecule has 0 amide bonds. The first kappa shape index (κ1) is 20.1. The van der Waals surface area contributed by atoms with Gasteiger partial charge in [0.15, 0.2) is 0 Å². The third kappa shape index (κ3) is 4.76. The summed E-state index contributed by atoms with van der Waals surface area (Å²) in [6, 6.07) is 18.7. The minimum atomic E-state index is -0.451. The molecule has 3 aromatic carbocycles. The second kappa shape index (κ2) is 9.15. The largest absolute Gasteiger partial charge is 0.375 e. The summed E-state index contributed by atoms with van der Waals surface area (Å²) in [5.74, 6) is 0. The first-order valence-corrected chi connectivity index (χ1v) is 10.4. The van der Waals surface area contributed by atoms with Crippen LogP contribution >= 0.6 is 0 Å². The number of non-ortho nitro benzene ring substituents is 1. The average molecular weight is 433 g/mol. The zero-order valence-electron chi connectivity index (χ0n) is 18.6. The van der Waals surface area contributed by atoms with Crippen molar-refractivity contribution in [3.8, 4) is 0 Å². The molecule has 1 heterocycles. The number of benzene rings is 3. The van der Waals surface area contributed by atoms with Gasteiger partial charge in [-0.25, -0.2) is 0 Å². The Labute approximate surface area is 187 Å². The van der Waals surface area contributed by atoms with Crippen LogP contribution in [0.2, 0.25) is 1.41 Å². The van der Waals surface area contributed by atoms with Gasteiger partial charge in [-0.15, -0.1) is 0 Å². The van der Waals surface area contributed by atoms with E-state index in [-0.39, 0.29) is 23.5 Å². The van der Waals surface area contributed by atoms with Gasteiger partial charge in [-0.05, 0) is 42.5 Å². The van der Waals surface area contributed by atoms with E-state index in [1.807, 2.05) is 37.3 Å². The smallest absolute Gasteiger partial charge is 0.292 e. The molecular formula is C24H24N4O4. The lowest BCUT2D eigenvalue weighted by Gasteiger charge is -2.16. The van der Waals surface area contributed by atoms with Crippen LogP contribution in [0.25, 0.3) is 0 Å². The Morgan fingerprint density at radius 1 is 0.938 bits per heavy atom. The summed E-state index contributed by atoms with van der Waals surface area (Å²) in [5, 5.41) is 27.2. The Balaban J connectivity index is 1.51. The predicted molar refractivity (Wildman–Crippen MR) is 123 cm³/mol. The Bertz CT molecular complexity index is 1170. The second-order valence-electron chi connectivity index (χ2n) is 7.98. The molecule has 164 valence electrons. The van der Waals surface area contributed by atoms with Crippen molar-refractivity contribution in [3.05, 3.63) is 109 Å². The molecule has 0 saturated carbocycles. The Kier molecular flexibility index (Phi) is 5.76. The number of nitro groups is 2. The van der Waals surface area contributed by atoms with Crippen LogP contribution in [-0.2, 0) is 6.54 Å². The van der Waals surface area contributed by atoms with Crippen LogP contribution in [0.4, 0.5) is 17.1 Å². The van der Waals surface area contributed by atoms with E-state index in [0.29, 0.717) is 30.6 Å². The third-order valence-corrected chi connectivity index (χ3v) is 5.77. The van der Waals surface area contributed by atoms with E-state index in [1.54, 1.807) is 24.3 Å². The summed E-state index contributed by atoms with van der Waals surface area (Å²) in [4.78, 5) is 21.8. The van der Waals surface area contributed by atoms with Gasteiger partial charge in [0.1, 0.15) is 7.10 Å². The monoisotopic (exact) mass is 433 g/mol. The van der Waals surface area contributed by atoms with Gasteiger partial charge >= 0.3 is 0 Å². The van der Waals surface area contributed by atoms with Crippen molar-refractivity contribution in [2.75, 3.05) is 5.32 Å². The molecule has 2 atom stereocenters. The van der Waals surface area contributed by atoms with Gasteiger partial charge in [-0.1, -0.05) is 48.0 Å². The number of aryl methyl sites for hydroxylation is 1. The first-order valence-electron chi connectivity index (χ1n) is 10.9. The fourth-order valence-electron chi connectivity index (χ4n) is 3.97. The molecular weight excluding hydrogens is 408 g/mol. The van der Waals surface area contributed by atoms with Crippen LogP contribution in [0.1, 0.15) is 47.2 Å². The number of nitro benzene ring substituents is 2. The fourth-order valence-corrected chi connectivity index (χ4v) is 3.97. The summed E-state index contributed by atoms with van der Waals surface area (Å²) in [6.07, 6.45) is 1.35. The SMILES string of the molecule is [2H]N1C(c2ccc([N+](=O)[O-])cc2)CCC1c1ccc(NCc2ccc(C)cc2)c([N+](=O)[O-])c1. The second-order valence-corrected chi connectivity index (χ2v) is 7.98. The van der Waals surface area contributed by atoms with Gasteiger partial charge in [-0.2, -0.15) is 0 Å². The van der Waals surface area contributed by atoms with E-state index in [0.717, 1.165) is 16.7 Å². The van der Waals surface area contributed by atoms with Crippen molar-refractivity contribution in [3.63, 3.8) is 0 Å². The van der Waals surface area contributed by atoms with Crippen LogP contribution in [0.5, 0.6) is 0 Å². The number of anilines is 1. The molecule has 2 unspecified atom stereocenters. The maximum atomic E-state index is 11.7. The molecule has 3 aromatic rings. The molecule has 1 fully saturated rings. The molecule has 4 rings (SSSR count). The Morgan fingerprint density at radius 2 is 1.56 bits per heavy atom. The highest BCUT2D eigenvalue weighted by atomic mass is 16.6. The van der Waals surface area contributed by atoms with Crippen LogP contribution in [0.3, 0.4) is 0 Å². The summed E-state index contributed by atoms with van der Waals surface area (Å²) in [7, 11) is 0. The van der Waals surface area contributed by atoms with E-state index in [9.17, 15) is 20.2 Å². The maximum absolute atomic E-state index is 11.7. The zero-order chi connectivity index (χ0) is 23.5. The van der Waals surface area contributed by atoms with Gasteiger partial charge in [0.2, 0.25) is 0 Å². The van der Waals surface area contributed by atoms with Crippen LogP contribution in [-0.4, -0.2) is 9.85 Å². The average Bonchev–Trinajstić information content (AvgIpc) is 3.19. The van der Waals surface area contributed by atoms with Gasteiger partial charge < -0.3 is 10.6 Å². The molecule has 8 nitrogen and oxygen atoms in total. The van der Waals surface area contributed by atoms with E-state index < -0.39 is 9.85 Å². The lowest BCUT2D eigenvalue weighted by Crippen LogP contribution is -2.17. The summed E-state index contributed by atoms with van der Waals surface area (Å²) >= 11 is 0. The van der Waals surface area contributed by atoms with Crippen molar-refractivity contribution >= 4 is 17.1 Å². The molecule has 8 heteroatoms. The van der Waals surface area contributed by atoms with Crippen LogP contribution in [0.15, 0.2) is 66.7 Å². The normalized spacial score (nSPS) is 18.8. The van der Waals surface area contributed by atoms with Gasteiger partial charge in [-0.3, -0.25) is 20.2 Å². The number of hydrogen-bond donors (Lipinski definition) is 2. The van der Waals surface area contributed by atoms with Crippen molar-refractivity contribution in [2.45, 2.75) is 38.4 Å². The van der Waals surface area contributed by atoms with Crippen molar-refractivity contribution in [2.24, 2.45) is 0 Å². The van der Waals surface area contributed by atoms with Crippen LogP contribution in [0, 0.1) is 27.2 Å². The molecule has 32 heavy (non-hydrogen) atoms. The number of nitrogens with zero attached hydrogens (tertiary/aromatic N) is 2. The Hall–Kier alpha value is -3.78. The predicted octanol–water partition coefficient (Wildman–Crippen LogP) is 5.59. The highest BCUT2D eigenvalue weighted by Gasteiger charge is 2.28. The molecule has 2 N–H and O–H groups in total. The van der Waals surface area contributed by atoms with E-state index in [4.69, 9.17) is 1.41 Å². The molecule has 1 aliphatic heterocycles.